The molecule has 1 aliphatic heterocycles. The van der Waals surface area contributed by atoms with Crippen LogP contribution < -0.4 is 5.32 Å². The molecule has 0 aliphatic carbocycles. The van der Waals surface area contributed by atoms with Gasteiger partial charge in [0, 0.05) is 30.2 Å². The number of aryl methyl sites for hydroxylation is 1. The van der Waals surface area contributed by atoms with Crippen molar-refractivity contribution in [2.75, 3.05) is 11.9 Å². The zero-order valence-corrected chi connectivity index (χ0v) is 9.89. The normalized spacial score (nSPS) is 14.2. The zero-order valence-electron chi connectivity index (χ0n) is 9.07. The summed E-state index contributed by atoms with van der Waals surface area (Å²) in [6.07, 6.45) is 5.28. The van der Waals surface area contributed by atoms with Crippen molar-refractivity contribution < 1.29 is 0 Å². The van der Waals surface area contributed by atoms with Crippen molar-refractivity contribution in [3.05, 3.63) is 45.9 Å². The SMILES string of the molecule is c1csc(Cc2ccc3c(c2)CCCN3)n1. The molecule has 0 saturated carbocycles. The molecule has 0 fully saturated rings. The Bertz CT molecular complexity index is 477. The minimum atomic E-state index is 0.963. The Labute approximate surface area is 99.4 Å². The molecule has 16 heavy (non-hydrogen) atoms. The van der Waals surface area contributed by atoms with Crippen LogP contribution in [0.4, 0.5) is 5.69 Å². The Hall–Kier alpha value is -1.35. The van der Waals surface area contributed by atoms with Crippen LogP contribution in [0.1, 0.15) is 22.6 Å². The summed E-state index contributed by atoms with van der Waals surface area (Å²) < 4.78 is 0. The average Bonchev–Trinajstić information content (AvgIpc) is 2.82. The second-order valence-electron chi connectivity index (χ2n) is 4.12. The third-order valence-electron chi connectivity index (χ3n) is 2.95. The average molecular weight is 230 g/mol. The fourth-order valence-electron chi connectivity index (χ4n) is 2.15. The van der Waals surface area contributed by atoms with E-state index in [1.807, 2.05) is 11.6 Å². The van der Waals surface area contributed by atoms with Gasteiger partial charge in [-0.2, -0.15) is 0 Å². The van der Waals surface area contributed by atoms with E-state index in [2.05, 4.69) is 28.5 Å². The standard InChI is InChI=1S/C13H14N2S/c1-2-11-8-10(3-4-12(11)14-5-1)9-13-15-6-7-16-13/h3-4,6-8,14H,1-2,5,9H2. The van der Waals surface area contributed by atoms with Gasteiger partial charge in [-0.3, -0.25) is 0 Å². The number of fused-ring (bicyclic) bond motifs is 1. The number of benzene rings is 1. The summed E-state index contributed by atoms with van der Waals surface area (Å²) in [4.78, 5) is 4.33. The number of rotatable bonds is 2. The zero-order chi connectivity index (χ0) is 10.8. The van der Waals surface area contributed by atoms with Crippen LogP contribution in [0.25, 0.3) is 0 Å². The van der Waals surface area contributed by atoms with Gasteiger partial charge in [0.25, 0.3) is 0 Å². The fourth-order valence-corrected chi connectivity index (χ4v) is 2.80. The molecule has 1 aromatic carbocycles. The van der Waals surface area contributed by atoms with Crippen LogP contribution in [-0.4, -0.2) is 11.5 Å². The molecule has 0 amide bonds. The van der Waals surface area contributed by atoms with Crippen molar-refractivity contribution in [1.29, 1.82) is 0 Å². The van der Waals surface area contributed by atoms with Crippen LogP contribution in [0.5, 0.6) is 0 Å². The maximum absolute atomic E-state index is 4.33. The Kier molecular flexibility index (Phi) is 2.62. The van der Waals surface area contributed by atoms with Crippen LogP contribution in [0.2, 0.25) is 0 Å². The van der Waals surface area contributed by atoms with Crippen molar-refractivity contribution >= 4 is 17.0 Å². The van der Waals surface area contributed by atoms with E-state index in [0.717, 1.165) is 13.0 Å². The van der Waals surface area contributed by atoms with Crippen LogP contribution in [0, 0.1) is 0 Å². The first kappa shape index (κ1) is 9.85. The lowest BCUT2D eigenvalue weighted by Crippen LogP contribution is -2.11. The number of thiazole rings is 1. The molecule has 2 heterocycles. The van der Waals surface area contributed by atoms with Crippen LogP contribution in [-0.2, 0) is 12.8 Å². The number of nitrogens with one attached hydrogen (secondary N) is 1. The van der Waals surface area contributed by atoms with Gasteiger partial charge >= 0.3 is 0 Å². The lowest BCUT2D eigenvalue weighted by Gasteiger charge is -2.18. The van der Waals surface area contributed by atoms with E-state index in [4.69, 9.17) is 0 Å². The van der Waals surface area contributed by atoms with Gasteiger partial charge in [0.2, 0.25) is 0 Å². The summed E-state index contributed by atoms with van der Waals surface area (Å²) in [5, 5.41) is 6.67. The van der Waals surface area contributed by atoms with E-state index in [0.29, 0.717) is 0 Å². The first-order valence-electron chi connectivity index (χ1n) is 5.66. The predicted molar refractivity (Wildman–Crippen MR) is 68.2 cm³/mol. The van der Waals surface area contributed by atoms with Gasteiger partial charge < -0.3 is 5.32 Å². The maximum atomic E-state index is 4.33. The van der Waals surface area contributed by atoms with Gasteiger partial charge in [0.05, 0.1) is 5.01 Å². The molecule has 0 atom stereocenters. The van der Waals surface area contributed by atoms with E-state index in [9.17, 15) is 0 Å². The lowest BCUT2D eigenvalue weighted by atomic mass is 10.00. The van der Waals surface area contributed by atoms with E-state index in [1.165, 1.54) is 34.7 Å². The quantitative estimate of drug-likeness (QED) is 0.857. The second-order valence-corrected chi connectivity index (χ2v) is 5.10. The maximum Gasteiger partial charge on any atom is 0.0968 e. The number of anilines is 1. The van der Waals surface area contributed by atoms with Crippen molar-refractivity contribution in [3.63, 3.8) is 0 Å². The van der Waals surface area contributed by atoms with Gasteiger partial charge in [-0.15, -0.1) is 11.3 Å². The highest BCUT2D eigenvalue weighted by Crippen LogP contribution is 2.24. The highest BCUT2D eigenvalue weighted by molar-refractivity contribution is 7.09. The molecule has 0 radical (unpaired) electrons. The van der Waals surface area contributed by atoms with Gasteiger partial charge in [0.1, 0.15) is 0 Å². The molecule has 82 valence electrons. The van der Waals surface area contributed by atoms with Crippen LogP contribution >= 0.6 is 11.3 Å². The van der Waals surface area contributed by atoms with Crippen molar-refractivity contribution in [2.45, 2.75) is 19.3 Å². The van der Waals surface area contributed by atoms with Gasteiger partial charge in [0.15, 0.2) is 0 Å². The Morgan fingerprint density at radius 3 is 3.25 bits per heavy atom. The van der Waals surface area contributed by atoms with Crippen LogP contribution in [0.3, 0.4) is 0 Å². The number of hydrogen-bond donors (Lipinski definition) is 1. The Morgan fingerprint density at radius 2 is 2.38 bits per heavy atom. The minimum absolute atomic E-state index is 0.963. The third kappa shape index (κ3) is 1.95. The second kappa shape index (κ2) is 4.26. The molecule has 0 saturated heterocycles. The monoisotopic (exact) mass is 230 g/mol. The number of aromatic nitrogens is 1. The molecule has 0 spiro atoms. The summed E-state index contributed by atoms with van der Waals surface area (Å²) in [6, 6.07) is 6.74. The van der Waals surface area contributed by atoms with Crippen LogP contribution in [0.15, 0.2) is 29.8 Å². The molecule has 0 unspecified atom stereocenters. The molecule has 3 rings (SSSR count). The van der Waals surface area contributed by atoms with Crippen molar-refractivity contribution in [3.8, 4) is 0 Å². The van der Waals surface area contributed by atoms with Gasteiger partial charge in [-0.05, 0) is 30.0 Å². The minimum Gasteiger partial charge on any atom is -0.385 e. The summed E-state index contributed by atoms with van der Waals surface area (Å²) in [6.45, 7) is 1.11. The predicted octanol–water partition coefficient (Wildman–Crippen LogP) is 3.09. The van der Waals surface area contributed by atoms with E-state index < -0.39 is 0 Å². The largest absolute Gasteiger partial charge is 0.385 e. The first-order chi connectivity index (χ1) is 7.92. The Morgan fingerprint density at radius 1 is 1.38 bits per heavy atom. The van der Waals surface area contributed by atoms with Gasteiger partial charge in [-0.25, -0.2) is 4.98 Å². The fraction of sp³-hybridized carbons (Fsp3) is 0.308. The van der Waals surface area contributed by atoms with Crippen molar-refractivity contribution in [2.24, 2.45) is 0 Å². The third-order valence-corrected chi connectivity index (χ3v) is 3.73. The van der Waals surface area contributed by atoms with E-state index >= 15 is 0 Å². The molecule has 2 aromatic rings. The van der Waals surface area contributed by atoms with E-state index in [-0.39, 0.29) is 0 Å². The number of hydrogen-bond acceptors (Lipinski definition) is 3. The summed E-state index contributed by atoms with van der Waals surface area (Å²) >= 11 is 1.73. The molecule has 3 heteroatoms. The Balaban J connectivity index is 1.86. The summed E-state index contributed by atoms with van der Waals surface area (Å²) in [5.74, 6) is 0. The molecule has 0 bridgehead atoms. The van der Waals surface area contributed by atoms with Gasteiger partial charge in [-0.1, -0.05) is 12.1 Å². The smallest absolute Gasteiger partial charge is 0.0968 e. The highest BCUT2D eigenvalue weighted by atomic mass is 32.1. The molecule has 1 aromatic heterocycles. The highest BCUT2D eigenvalue weighted by Gasteiger charge is 2.09. The molecular formula is C13H14N2S. The molecule has 1 aliphatic rings. The lowest BCUT2D eigenvalue weighted by molar-refractivity contribution is 0.828. The van der Waals surface area contributed by atoms with E-state index in [1.54, 1.807) is 11.3 Å². The topological polar surface area (TPSA) is 24.9 Å². The molecular weight excluding hydrogens is 216 g/mol. The molecule has 2 nitrogen and oxygen atoms in total. The summed E-state index contributed by atoms with van der Waals surface area (Å²) in [5.41, 5.74) is 4.15. The summed E-state index contributed by atoms with van der Waals surface area (Å²) in [7, 11) is 0. The first-order valence-corrected chi connectivity index (χ1v) is 6.54. The number of nitrogens with zero attached hydrogens (tertiary/aromatic N) is 1. The molecule has 1 N–H and O–H groups in total. The van der Waals surface area contributed by atoms with Crippen molar-refractivity contribution in [1.82, 2.24) is 4.98 Å².